The Morgan fingerprint density at radius 3 is 1.20 bits per heavy atom. The van der Waals surface area contributed by atoms with E-state index in [0.29, 0.717) is 0 Å². The van der Waals surface area contributed by atoms with Crippen molar-refractivity contribution in [3.63, 3.8) is 0 Å². The molecule has 27 valence electrons. The molecule has 0 spiro atoms. The zero-order valence-electron chi connectivity index (χ0n) is 3.45. The molecule has 0 atom stereocenters. The van der Waals surface area contributed by atoms with E-state index >= 15 is 0 Å². The van der Waals surface area contributed by atoms with Gasteiger partial charge in [0.15, 0.2) is 0 Å². The Morgan fingerprint density at radius 2 is 1.20 bits per heavy atom. The third kappa shape index (κ3) is 14.6. The normalized spacial score (nSPS) is 2.80. The molecule has 0 saturated carbocycles. The predicted molar refractivity (Wildman–Crippen MR) is 19.1 cm³/mol. The smallest absolute Gasteiger partial charge is 0 e. The second-order valence-corrected chi connectivity index (χ2v) is 0.500. The summed E-state index contributed by atoms with van der Waals surface area (Å²) in [5, 5.41) is 0. The van der Waals surface area contributed by atoms with E-state index in [-0.39, 0.29) is 18.6 Å². The second kappa shape index (κ2) is 8.91. The fourth-order valence-electron chi connectivity index (χ4n) is 0. The first kappa shape index (κ1) is 8.94. The van der Waals surface area contributed by atoms with Crippen LogP contribution in [0.4, 0.5) is 0 Å². The molecule has 1 heteroatoms. The minimum absolute atomic E-state index is 0. The molecule has 1 radical (unpaired) electrons. The molecule has 0 fully saturated rings. The first-order valence-electron chi connectivity index (χ1n) is 1.25. The summed E-state index contributed by atoms with van der Waals surface area (Å²) in [7, 11) is 0. The Labute approximate surface area is 44.8 Å². The first-order valence-corrected chi connectivity index (χ1v) is 1.25. The van der Waals surface area contributed by atoms with Crippen LogP contribution in [0.15, 0.2) is 0 Å². The van der Waals surface area contributed by atoms with Crippen LogP contribution in [0.3, 0.4) is 0 Å². The molecule has 0 nitrogen and oxygen atoms in total. The topological polar surface area (TPSA) is 0 Å². The van der Waals surface area contributed by atoms with Crippen molar-refractivity contribution < 1.29 is 18.6 Å². The van der Waals surface area contributed by atoms with E-state index in [0.717, 1.165) is 0 Å². The maximum atomic E-state index is 2.68. The molecule has 0 heterocycles. The molecule has 0 aliphatic rings. The molecule has 0 aromatic heterocycles. The molecule has 0 aliphatic carbocycles. The molecule has 0 aromatic rings. The summed E-state index contributed by atoms with van der Waals surface area (Å²) >= 11 is 0. The van der Waals surface area contributed by atoms with Crippen LogP contribution in [0.2, 0.25) is 0 Å². The fraction of sp³-hybridized carbons (Fsp3) is 0.500. The molecular weight excluding hydrogens is 99.0 g/mol. The van der Waals surface area contributed by atoms with Gasteiger partial charge in [-0.15, -0.1) is 11.8 Å². The first-order chi connectivity index (χ1) is 1.91. The largest absolute Gasteiger partial charge is 0.107 e. The minimum Gasteiger partial charge on any atom is -0.107 e. The Bertz CT molecular complexity index is 40.4. The standard InChI is InChI=1S/C4H6.V/c1-3-4-2;/h1-2H3;. The summed E-state index contributed by atoms with van der Waals surface area (Å²) in [5.74, 6) is 5.36. The van der Waals surface area contributed by atoms with E-state index < -0.39 is 0 Å². The summed E-state index contributed by atoms with van der Waals surface area (Å²) in [6.45, 7) is 3.64. The average Bonchev–Trinajstić information content (AvgIpc) is 1.37. The summed E-state index contributed by atoms with van der Waals surface area (Å²) in [6, 6.07) is 0. The zero-order chi connectivity index (χ0) is 3.41. The summed E-state index contributed by atoms with van der Waals surface area (Å²) in [5.41, 5.74) is 0. The van der Waals surface area contributed by atoms with Crippen molar-refractivity contribution in [2.75, 3.05) is 0 Å². The molecule has 0 unspecified atom stereocenters. The molecule has 0 bridgehead atoms. The Balaban J connectivity index is 0. The molecular formula is C4H6V. The molecule has 0 rings (SSSR count). The van der Waals surface area contributed by atoms with Crippen molar-refractivity contribution >= 4 is 0 Å². The number of rotatable bonds is 0. The SMILES string of the molecule is CC#CC.[V]. The van der Waals surface area contributed by atoms with Gasteiger partial charge >= 0.3 is 0 Å². The van der Waals surface area contributed by atoms with Crippen molar-refractivity contribution in [1.29, 1.82) is 0 Å². The van der Waals surface area contributed by atoms with Crippen molar-refractivity contribution in [2.45, 2.75) is 13.8 Å². The van der Waals surface area contributed by atoms with Crippen molar-refractivity contribution in [3.8, 4) is 11.8 Å². The van der Waals surface area contributed by atoms with Crippen LogP contribution in [-0.2, 0) is 18.6 Å². The van der Waals surface area contributed by atoms with Crippen molar-refractivity contribution in [3.05, 3.63) is 0 Å². The fourth-order valence-corrected chi connectivity index (χ4v) is 0. The maximum Gasteiger partial charge on any atom is 0 e. The van der Waals surface area contributed by atoms with Crippen LogP contribution < -0.4 is 0 Å². The van der Waals surface area contributed by atoms with E-state index in [9.17, 15) is 0 Å². The molecule has 0 saturated heterocycles. The van der Waals surface area contributed by atoms with Gasteiger partial charge in [-0.25, -0.2) is 0 Å². The van der Waals surface area contributed by atoms with E-state index in [1.165, 1.54) is 0 Å². The second-order valence-electron chi connectivity index (χ2n) is 0.500. The summed E-state index contributed by atoms with van der Waals surface area (Å²) in [6.07, 6.45) is 0. The number of hydrogen-bond acceptors (Lipinski definition) is 0. The quantitative estimate of drug-likeness (QED) is 0.403. The van der Waals surface area contributed by atoms with Crippen LogP contribution in [0.1, 0.15) is 13.8 Å². The maximum absolute atomic E-state index is 2.68. The molecule has 0 amide bonds. The van der Waals surface area contributed by atoms with Crippen LogP contribution in [-0.4, -0.2) is 0 Å². The van der Waals surface area contributed by atoms with Gasteiger partial charge in [-0.05, 0) is 13.8 Å². The predicted octanol–water partition coefficient (Wildman–Crippen LogP) is 1.03. The zero-order valence-corrected chi connectivity index (χ0v) is 4.84. The van der Waals surface area contributed by atoms with Crippen LogP contribution in [0.5, 0.6) is 0 Å². The monoisotopic (exact) mass is 105 g/mol. The number of hydrogen-bond donors (Lipinski definition) is 0. The third-order valence-electron chi connectivity index (χ3n) is 0.250. The van der Waals surface area contributed by atoms with Crippen LogP contribution >= 0.6 is 0 Å². The average molecular weight is 105 g/mol. The van der Waals surface area contributed by atoms with Gasteiger partial charge in [-0.2, -0.15) is 0 Å². The van der Waals surface area contributed by atoms with Gasteiger partial charge in [0, 0.05) is 18.6 Å². The van der Waals surface area contributed by atoms with Gasteiger partial charge in [0.05, 0.1) is 0 Å². The Morgan fingerprint density at radius 1 is 1.00 bits per heavy atom. The Hall–Kier alpha value is 0.144. The van der Waals surface area contributed by atoms with Gasteiger partial charge in [-0.3, -0.25) is 0 Å². The van der Waals surface area contributed by atoms with Gasteiger partial charge in [0.25, 0.3) is 0 Å². The van der Waals surface area contributed by atoms with Crippen LogP contribution in [0.25, 0.3) is 0 Å². The van der Waals surface area contributed by atoms with Gasteiger partial charge in [0.2, 0.25) is 0 Å². The van der Waals surface area contributed by atoms with Crippen LogP contribution in [0, 0.1) is 11.8 Å². The van der Waals surface area contributed by atoms with Gasteiger partial charge in [-0.1, -0.05) is 0 Å². The van der Waals surface area contributed by atoms with Gasteiger partial charge < -0.3 is 0 Å². The summed E-state index contributed by atoms with van der Waals surface area (Å²) in [4.78, 5) is 0. The molecule has 5 heavy (non-hydrogen) atoms. The Kier molecular flexibility index (Phi) is 15.9. The molecule has 0 aromatic carbocycles. The van der Waals surface area contributed by atoms with Crippen molar-refractivity contribution in [2.24, 2.45) is 0 Å². The van der Waals surface area contributed by atoms with E-state index in [2.05, 4.69) is 11.8 Å². The third-order valence-corrected chi connectivity index (χ3v) is 0.250. The van der Waals surface area contributed by atoms with Crippen molar-refractivity contribution in [1.82, 2.24) is 0 Å². The summed E-state index contributed by atoms with van der Waals surface area (Å²) < 4.78 is 0. The minimum atomic E-state index is 0. The van der Waals surface area contributed by atoms with Gasteiger partial charge in [0.1, 0.15) is 0 Å². The van der Waals surface area contributed by atoms with E-state index in [4.69, 9.17) is 0 Å². The van der Waals surface area contributed by atoms with E-state index in [1.54, 1.807) is 0 Å². The van der Waals surface area contributed by atoms with E-state index in [1.807, 2.05) is 13.8 Å². The molecule has 0 N–H and O–H groups in total. The molecule has 0 aliphatic heterocycles.